The Hall–Kier alpha value is -1.72. The highest BCUT2D eigenvalue weighted by molar-refractivity contribution is 5.83. The molecule has 1 N–H and O–H groups in total. The first kappa shape index (κ1) is 11.4. The number of carbonyl (C=O) groups is 1. The van der Waals surface area contributed by atoms with Crippen molar-refractivity contribution >= 4 is 6.29 Å². The van der Waals surface area contributed by atoms with Crippen LogP contribution in [0.15, 0.2) is 12.1 Å². The normalized spacial score (nSPS) is 11.2. The molecule has 0 radical (unpaired) electrons. The average molecular weight is 220 g/mol. The van der Waals surface area contributed by atoms with Crippen LogP contribution in [-0.2, 0) is 6.18 Å². The van der Waals surface area contributed by atoms with E-state index in [1.165, 1.54) is 7.11 Å². The Morgan fingerprint density at radius 3 is 2.40 bits per heavy atom. The second kappa shape index (κ2) is 3.80. The number of aldehydes is 1. The number of aromatic hydroxyl groups is 1. The van der Waals surface area contributed by atoms with E-state index >= 15 is 0 Å². The van der Waals surface area contributed by atoms with E-state index in [4.69, 9.17) is 0 Å². The Labute approximate surface area is 83.1 Å². The topological polar surface area (TPSA) is 46.5 Å². The van der Waals surface area contributed by atoms with Crippen LogP contribution in [0.5, 0.6) is 11.5 Å². The Bertz CT molecular complexity index is 385. The number of rotatable bonds is 2. The third-order valence-electron chi connectivity index (χ3n) is 1.82. The van der Waals surface area contributed by atoms with Crippen LogP contribution in [-0.4, -0.2) is 18.5 Å². The number of methoxy groups -OCH3 is 1. The lowest BCUT2D eigenvalue weighted by Crippen LogP contribution is -2.09. The van der Waals surface area contributed by atoms with Gasteiger partial charge in [0.05, 0.1) is 18.2 Å². The zero-order chi connectivity index (χ0) is 11.6. The maximum Gasteiger partial charge on any atom is 0.417 e. The van der Waals surface area contributed by atoms with Crippen molar-refractivity contribution in [3.8, 4) is 11.5 Å². The van der Waals surface area contributed by atoms with Gasteiger partial charge >= 0.3 is 6.18 Å². The lowest BCUT2D eigenvalue weighted by molar-refractivity contribution is -0.138. The Morgan fingerprint density at radius 1 is 1.40 bits per heavy atom. The second-order valence-electron chi connectivity index (χ2n) is 2.69. The number of halogens is 3. The predicted molar refractivity (Wildman–Crippen MR) is 45.0 cm³/mol. The Balaban J connectivity index is 3.44. The number of phenolic OH excluding ortho intramolecular Hbond substituents is 1. The van der Waals surface area contributed by atoms with E-state index in [-0.39, 0.29) is 12.0 Å². The summed E-state index contributed by atoms with van der Waals surface area (Å²) in [5, 5.41) is 9.28. The Morgan fingerprint density at radius 2 is 2.00 bits per heavy atom. The van der Waals surface area contributed by atoms with Crippen molar-refractivity contribution in [2.45, 2.75) is 6.18 Å². The number of hydrogen-bond acceptors (Lipinski definition) is 3. The van der Waals surface area contributed by atoms with Crippen molar-refractivity contribution in [3.05, 3.63) is 23.3 Å². The van der Waals surface area contributed by atoms with Crippen LogP contribution in [0.3, 0.4) is 0 Å². The molecule has 0 saturated heterocycles. The second-order valence-corrected chi connectivity index (χ2v) is 2.69. The van der Waals surface area contributed by atoms with Crippen molar-refractivity contribution in [1.29, 1.82) is 0 Å². The summed E-state index contributed by atoms with van der Waals surface area (Å²) in [6.45, 7) is 0. The molecule has 3 nitrogen and oxygen atoms in total. The molecule has 0 bridgehead atoms. The minimum Gasteiger partial charge on any atom is -0.504 e. The monoisotopic (exact) mass is 220 g/mol. The number of phenols is 1. The van der Waals surface area contributed by atoms with Gasteiger partial charge in [-0.15, -0.1) is 0 Å². The number of hydrogen-bond donors (Lipinski definition) is 1. The van der Waals surface area contributed by atoms with Crippen molar-refractivity contribution in [1.82, 2.24) is 0 Å². The molecule has 0 aliphatic rings. The van der Waals surface area contributed by atoms with Crippen LogP contribution >= 0.6 is 0 Å². The van der Waals surface area contributed by atoms with Crippen LogP contribution in [0.1, 0.15) is 15.9 Å². The van der Waals surface area contributed by atoms with Crippen molar-refractivity contribution in [2.24, 2.45) is 0 Å². The summed E-state index contributed by atoms with van der Waals surface area (Å²) in [5.74, 6) is -0.979. The van der Waals surface area contributed by atoms with Crippen molar-refractivity contribution in [2.75, 3.05) is 7.11 Å². The highest BCUT2D eigenvalue weighted by atomic mass is 19.4. The molecule has 0 amide bonds. The molecule has 0 fully saturated rings. The molecule has 15 heavy (non-hydrogen) atoms. The van der Waals surface area contributed by atoms with Gasteiger partial charge in [0.2, 0.25) is 0 Å². The lowest BCUT2D eigenvalue weighted by atomic mass is 10.1. The molecule has 1 aromatic carbocycles. The zero-order valence-corrected chi connectivity index (χ0v) is 7.63. The maximum absolute atomic E-state index is 12.3. The summed E-state index contributed by atoms with van der Waals surface area (Å²) in [5.41, 5.74) is -2.00. The van der Waals surface area contributed by atoms with Gasteiger partial charge in [-0.2, -0.15) is 13.2 Å². The number of benzene rings is 1. The third-order valence-corrected chi connectivity index (χ3v) is 1.82. The van der Waals surface area contributed by atoms with Gasteiger partial charge in [-0.1, -0.05) is 0 Å². The first-order valence-electron chi connectivity index (χ1n) is 3.84. The average Bonchev–Trinajstić information content (AvgIpc) is 2.15. The quantitative estimate of drug-likeness (QED) is 0.777. The fourth-order valence-electron chi connectivity index (χ4n) is 1.12. The fourth-order valence-corrected chi connectivity index (χ4v) is 1.12. The molecule has 6 heteroatoms. The van der Waals surface area contributed by atoms with E-state index in [9.17, 15) is 23.1 Å². The predicted octanol–water partition coefficient (Wildman–Crippen LogP) is 2.23. The van der Waals surface area contributed by atoms with E-state index in [0.717, 1.165) is 6.07 Å². The van der Waals surface area contributed by atoms with Crippen molar-refractivity contribution < 1.29 is 27.8 Å². The van der Waals surface area contributed by atoms with E-state index < -0.39 is 23.1 Å². The number of alkyl halides is 3. The summed E-state index contributed by atoms with van der Waals surface area (Å²) in [7, 11) is 1.18. The highest BCUT2D eigenvalue weighted by Crippen LogP contribution is 2.39. The SMILES string of the molecule is COc1ccc(C(F)(F)F)c(C=O)c1O. The van der Waals surface area contributed by atoms with Crippen LogP contribution in [0.25, 0.3) is 0 Å². The number of ether oxygens (including phenoxy) is 1. The zero-order valence-electron chi connectivity index (χ0n) is 7.63. The standard InChI is InChI=1S/C9H7F3O3/c1-15-7-3-2-6(9(10,11)12)5(4-13)8(7)14/h2-4,14H,1H3. The van der Waals surface area contributed by atoms with E-state index in [0.29, 0.717) is 6.07 Å². The van der Waals surface area contributed by atoms with Crippen LogP contribution in [0.4, 0.5) is 13.2 Å². The molecule has 0 aromatic heterocycles. The van der Waals surface area contributed by atoms with Gasteiger partial charge in [0, 0.05) is 0 Å². The first-order chi connectivity index (χ1) is 6.91. The Kier molecular flexibility index (Phi) is 2.88. The van der Waals surface area contributed by atoms with Crippen LogP contribution in [0, 0.1) is 0 Å². The minimum absolute atomic E-state index is 0.0549. The van der Waals surface area contributed by atoms with Crippen LogP contribution < -0.4 is 4.74 Å². The van der Waals surface area contributed by atoms with Gasteiger partial charge in [-0.25, -0.2) is 0 Å². The molecule has 0 aliphatic carbocycles. The van der Waals surface area contributed by atoms with Gasteiger partial charge in [0.25, 0.3) is 0 Å². The molecular formula is C9H7F3O3. The van der Waals surface area contributed by atoms with E-state index in [1.54, 1.807) is 0 Å². The highest BCUT2D eigenvalue weighted by Gasteiger charge is 2.35. The van der Waals surface area contributed by atoms with Gasteiger partial charge in [0.15, 0.2) is 17.8 Å². The smallest absolute Gasteiger partial charge is 0.417 e. The first-order valence-corrected chi connectivity index (χ1v) is 3.84. The summed E-state index contributed by atoms with van der Waals surface area (Å²) in [6, 6.07) is 1.63. The summed E-state index contributed by atoms with van der Waals surface area (Å²) >= 11 is 0. The van der Waals surface area contributed by atoms with Crippen LogP contribution in [0.2, 0.25) is 0 Å². The molecule has 0 atom stereocenters. The van der Waals surface area contributed by atoms with Gasteiger partial charge in [0.1, 0.15) is 0 Å². The van der Waals surface area contributed by atoms with Crippen molar-refractivity contribution in [3.63, 3.8) is 0 Å². The molecule has 0 saturated carbocycles. The van der Waals surface area contributed by atoms with E-state index in [2.05, 4.69) is 4.74 Å². The molecule has 0 unspecified atom stereocenters. The van der Waals surface area contributed by atoms with Gasteiger partial charge in [-0.05, 0) is 12.1 Å². The largest absolute Gasteiger partial charge is 0.504 e. The molecule has 82 valence electrons. The fraction of sp³-hybridized carbons (Fsp3) is 0.222. The minimum atomic E-state index is -4.68. The molecule has 1 aromatic rings. The van der Waals surface area contributed by atoms with Gasteiger partial charge in [-0.3, -0.25) is 4.79 Å². The van der Waals surface area contributed by atoms with E-state index in [1.807, 2.05) is 0 Å². The molecule has 1 rings (SSSR count). The molecule has 0 aliphatic heterocycles. The molecule has 0 spiro atoms. The molecular weight excluding hydrogens is 213 g/mol. The lowest BCUT2D eigenvalue weighted by Gasteiger charge is -2.12. The third kappa shape index (κ3) is 2.03. The summed E-state index contributed by atoms with van der Waals surface area (Å²) in [6.07, 6.45) is -4.74. The maximum atomic E-state index is 12.3. The molecule has 0 heterocycles. The summed E-state index contributed by atoms with van der Waals surface area (Å²) in [4.78, 5) is 10.4. The van der Waals surface area contributed by atoms with Gasteiger partial charge < -0.3 is 9.84 Å². The number of carbonyl (C=O) groups excluding carboxylic acids is 1. The summed E-state index contributed by atoms with van der Waals surface area (Å²) < 4.78 is 41.6.